The van der Waals surface area contributed by atoms with Crippen molar-refractivity contribution < 1.29 is 0 Å². The Hall–Kier alpha value is -0.450. The summed E-state index contributed by atoms with van der Waals surface area (Å²) in [6.07, 6.45) is 3.14. The molecule has 1 saturated heterocycles. The second kappa shape index (κ2) is 5.75. The van der Waals surface area contributed by atoms with E-state index in [1.54, 1.807) is 11.3 Å². The van der Waals surface area contributed by atoms with Gasteiger partial charge < -0.3 is 5.32 Å². The van der Waals surface area contributed by atoms with Crippen LogP contribution in [0.25, 0.3) is 0 Å². The lowest BCUT2D eigenvalue weighted by Crippen LogP contribution is -2.51. The van der Waals surface area contributed by atoms with Crippen molar-refractivity contribution in [3.63, 3.8) is 0 Å². The molecule has 2 atom stereocenters. The molecule has 0 bridgehead atoms. The minimum atomic E-state index is 0.562. The van der Waals surface area contributed by atoms with E-state index in [4.69, 9.17) is 0 Å². The monoisotopic (exact) mass is 239 g/mol. The van der Waals surface area contributed by atoms with Crippen molar-refractivity contribution in [2.24, 2.45) is 0 Å². The summed E-state index contributed by atoms with van der Waals surface area (Å²) in [4.78, 5) is 7.02. The first-order valence-electron chi connectivity index (χ1n) is 6.15. The van der Waals surface area contributed by atoms with E-state index in [1.165, 1.54) is 18.0 Å². The van der Waals surface area contributed by atoms with Crippen LogP contribution in [0.3, 0.4) is 0 Å². The fraction of sp³-hybridized carbons (Fsp3) is 0.750. The zero-order chi connectivity index (χ0) is 11.4. The smallest absolute Gasteiger partial charge is 0.0965 e. The number of nitrogens with zero attached hydrogens (tertiary/aromatic N) is 2. The topological polar surface area (TPSA) is 28.2 Å². The average Bonchev–Trinajstić information content (AvgIpc) is 2.83. The zero-order valence-corrected chi connectivity index (χ0v) is 11.0. The summed E-state index contributed by atoms with van der Waals surface area (Å²) in [6.45, 7) is 9.15. The molecule has 2 unspecified atom stereocenters. The molecule has 2 heterocycles. The van der Waals surface area contributed by atoms with Crippen LogP contribution < -0.4 is 5.32 Å². The van der Waals surface area contributed by atoms with Gasteiger partial charge in [-0.2, -0.15) is 0 Å². The third kappa shape index (κ3) is 2.81. The van der Waals surface area contributed by atoms with Crippen molar-refractivity contribution in [2.45, 2.75) is 32.2 Å². The molecule has 1 aromatic rings. The molecular weight excluding hydrogens is 218 g/mol. The molecule has 90 valence electrons. The van der Waals surface area contributed by atoms with Gasteiger partial charge in [0.1, 0.15) is 0 Å². The highest BCUT2D eigenvalue weighted by Gasteiger charge is 2.23. The minimum absolute atomic E-state index is 0.562. The molecule has 2 rings (SSSR count). The second-order valence-corrected chi connectivity index (χ2v) is 5.46. The van der Waals surface area contributed by atoms with Crippen molar-refractivity contribution in [1.82, 2.24) is 15.2 Å². The Bertz CT molecular complexity index is 299. The average molecular weight is 239 g/mol. The van der Waals surface area contributed by atoms with E-state index in [0.29, 0.717) is 12.0 Å². The Kier molecular flexibility index (Phi) is 4.32. The first-order valence-corrected chi connectivity index (χ1v) is 7.03. The summed E-state index contributed by atoms with van der Waals surface area (Å²) >= 11 is 1.78. The molecule has 0 aromatic carbocycles. The Morgan fingerprint density at radius 1 is 1.69 bits per heavy atom. The number of hydrogen-bond acceptors (Lipinski definition) is 4. The van der Waals surface area contributed by atoms with E-state index >= 15 is 0 Å². The molecule has 1 N–H and O–H groups in total. The van der Waals surface area contributed by atoms with Gasteiger partial charge >= 0.3 is 0 Å². The normalized spacial score (nSPS) is 24.5. The van der Waals surface area contributed by atoms with Gasteiger partial charge in [-0.3, -0.25) is 4.90 Å². The maximum Gasteiger partial charge on any atom is 0.0965 e. The Balaban J connectivity index is 1.92. The van der Waals surface area contributed by atoms with Crippen LogP contribution in [0.15, 0.2) is 11.6 Å². The number of rotatable bonds is 4. The summed E-state index contributed by atoms with van der Waals surface area (Å²) in [5, 5.41) is 6.81. The maximum atomic E-state index is 4.41. The Labute approximate surface area is 102 Å². The summed E-state index contributed by atoms with van der Waals surface area (Å²) in [6, 6.07) is 0.705. The predicted octanol–water partition coefficient (Wildman–Crippen LogP) is 1.93. The van der Waals surface area contributed by atoms with Crippen LogP contribution in [-0.4, -0.2) is 42.1 Å². The number of nitrogens with one attached hydrogen (secondary N) is 1. The van der Waals surface area contributed by atoms with Crippen LogP contribution in [0.2, 0.25) is 0 Å². The zero-order valence-electron chi connectivity index (χ0n) is 10.1. The first-order chi connectivity index (χ1) is 7.81. The van der Waals surface area contributed by atoms with E-state index in [9.17, 15) is 0 Å². The van der Waals surface area contributed by atoms with Gasteiger partial charge in [-0.15, -0.1) is 11.3 Å². The first kappa shape index (κ1) is 12.0. The lowest BCUT2D eigenvalue weighted by atomic mass is 10.1. The van der Waals surface area contributed by atoms with Gasteiger partial charge in [0.15, 0.2) is 0 Å². The van der Waals surface area contributed by atoms with Gasteiger partial charge in [0.05, 0.1) is 5.01 Å². The van der Waals surface area contributed by atoms with Crippen LogP contribution >= 0.6 is 11.3 Å². The number of aromatic nitrogens is 1. The third-order valence-electron chi connectivity index (χ3n) is 3.32. The van der Waals surface area contributed by atoms with Crippen molar-refractivity contribution in [3.8, 4) is 0 Å². The third-order valence-corrected chi connectivity index (χ3v) is 4.33. The van der Waals surface area contributed by atoms with Crippen LogP contribution in [0.4, 0.5) is 0 Å². The molecule has 16 heavy (non-hydrogen) atoms. The van der Waals surface area contributed by atoms with E-state index in [-0.39, 0.29) is 0 Å². The molecule has 4 heteroatoms. The molecule has 3 nitrogen and oxygen atoms in total. The lowest BCUT2D eigenvalue weighted by Gasteiger charge is -2.36. The molecule has 0 aliphatic carbocycles. The van der Waals surface area contributed by atoms with Gasteiger partial charge in [-0.25, -0.2) is 4.98 Å². The quantitative estimate of drug-likeness (QED) is 0.870. The van der Waals surface area contributed by atoms with E-state index in [2.05, 4.69) is 34.4 Å². The summed E-state index contributed by atoms with van der Waals surface area (Å²) < 4.78 is 0. The summed E-state index contributed by atoms with van der Waals surface area (Å²) in [5.74, 6) is 0.562. The number of thiazole rings is 1. The number of hydrogen-bond donors (Lipinski definition) is 1. The molecule has 0 amide bonds. The Morgan fingerprint density at radius 3 is 3.25 bits per heavy atom. The van der Waals surface area contributed by atoms with Crippen molar-refractivity contribution in [3.05, 3.63) is 16.6 Å². The molecule has 0 spiro atoms. The second-order valence-electron chi connectivity index (χ2n) is 4.53. The van der Waals surface area contributed by atoms with Crippen LogP contribution in [0.5, 0.6) is 0 Å². The van der Waals surface area contributed by atoms with Crippen LogP contribution in [0, 0.1) is 0 Å². The van der Waals surface area contributed by atoms with Gasteiger partial charge in [-0.05, 0) is 6.42 Å². The SMILES string of the molecule is CCC1CNCCN1CC(C)c1nccs1. The molecule has 1 aliphatic heterocycles. The fourth-order valence-electron chi connectivity index (χ4n) is 2.35. The molecular formula is C12H21N3S. The van der Waals surface area contributed by atoms with E-state index in [1.807, 2.05) is 6.20 Å². The molecule has 0 saturated carbocycles. The van der Waals surface area contributed by atoms with Gasteiger partial charge in [0.2, 0.25) is 0 Å². The predicted molar refractivity (Wildman–Crippen MR) is 69.1 cm³/mol. The number of piperazine rings is 1. The standard InChI is InChI=1S/C12H21N3S/c1-3-11-8-13-4-6-15(11)9-10(2)12-14-5-7-16-12/h5,7,10-11,13H,3-4,6,8-9H2,1-2H3. The van der Waals surface area contributed by atoms with Gasteiger partial charge in [0, 0.05) is 49.7 Å². The van der Waals surface area contributed by atoms with Crippen LogP contribution in [0.1, 0.15) is 31.2 Å². The van der Waals surface area contributed by atoms with Crippen LogP contribution in [-0.2, 0) is 0 Å². The highest BCUT2D eigenvalue weighted by atomic mass is 32.1. The van der Waals surface area contributed by atoms with E-state index in [0.717, 1.165) is 19.6 Å². The largest absolute Gasteiger partial charge is 0.314 e. The van der Waals surface area contributed by atoms with E-state index < -0.39 is 0 Å². The molecule has 1 fully saturated rings. The maximum absolute atomic E-state index is 4.41. The van der Waals surface area contributed by atoms with Crippen molar-refractivity contribution in [2.75, 3.05) is 26.2 Å². The van der Waals surface area contributed by atoms with Crippen molar-refractivity contribution in [1.29, 1.82) is 0 Å². The highest BCUT2D eigenvalue weighted by molar-refractivity contribution is 7.09. The molecule has 0 radical (unpaired) electrons. The Morgan fingerprint density at radius 2 is 2.56 bits per heavy atom. The lowest BCUT2D eigenvalue weighted by molar-refractivity contribution is 0.150. The molecule has 1 aliphatic rings. The molecule has 1 aromatic heterocycles. The van der Waals surface area contributed by atoms with Gasteiger partial charge in [0.25, 0.3) is 0 Å². The highest BCUT2D eigenvalue weighted by Crippen LogP contribution is 2.20. The van der Waals surface area contributed by atoms with Crippen molar-refractivity contribution >= 4 is 11.3 Å². The van der Waals surface area contributed by atoms with Gasteiger partial charge in [-0.1, -0.05) is 13.8 Å². The minimum Gasteiger partial charge on any atom is -0.314 e. The fourth-order valence-corrected chi connectivity index (χ4v) is 3.04. The summed E-state index contributed by atoms with van der Waals surface area (Å²) in [7, 11) is 0. The summed E-state index contributed by atoms with van der Waals surface area (Å²) in [5.41, 5.74) is 0.